The Balaban J connectivity index is 1.78. The van der Waals surface area contributed by atoms with Crippen molar-refractivity contribution in [3.05, 3.63) is 63.7 Å². The quantitative estimate of drug-likeness (QED) is 0.459. The zero-order valence-corrected chi connectivity index (χ0v) is 12.9. The van der Waals surface area contributed by atoms with Gasteiger partial charge in [0.2, 0.25) is 0 Å². The summed E-state index contributed by atoms with van der Waals surface area (Å²) in [5.74, 6) is 1.31. The average Bonchev–Trinajstić information content (AvgIpc) is 2.55. The Bertz CT molecular complexity index is 655. The predicted octanol–water partition coefficient (Wildman–Crippen LogP) is 3.24. The van der Waals surface area contributed by atoms with Gasteiger partial charge in [0, 0.05) is 12.5 Å². The molecule has 0 aliphatic heterocycles. The van der Waals surface area contributed by atoms with Gasteiger partial charge in [-0.2, -0.15) is 0 Å². The van der Waals surface area contributed by atoms with Crippen LogP contribution in [0.25, 0.3) is 0 Å². The lowest BCUT2D eigenvalue weighted by molar-refractivity contribution is -0.385. The highest BCUT2D eigenvalue weighted by Gasteiger charge is 2.13. The first kappa shape index (κ1) is 16.8. The minimum atomic E-state index is -0.523. The van der Waals surface area contributed by atoms with Gasteiger partial charge in [-0.05, 0) is 31.2 Å². The SMILES string of the molecule is Cc1ccc(OCCCOc2ccc([N+](=O)[O-])c(CO)c2)cc1. The molecular weight excluding hydrogens is 298 g/mol. The van der Waals surface area contributed by atoms with Crippen LogP contribution in [0.5, 0.6) is 11.5 Å². The first-order valence-corrected chi connectivity index (χ1v) is 7.30. The summed E-state index contributed by atoms with van der Waals surface area (Å²) < 4.78 is 11.1. The summed E-state index contributed by atoms with van der Waals surface area (Å²) in [6, 6.07) is 12.2. The molecule has 0 spiro atoms. The summed E-state index contributed by atoms with van der Waals surface area (Å²) in [4.78, 5) is 10.3. The number of nitro groups is 1. The number of rotatable bonds is 8. The number of nitrogens with zero attached hydrogens (tertiary/aromatic N) is 1. The molecule has 0 amide bonds. The Morgan fingerprint density at radius 1 is 1.04 bits per heavy atom. The first-order valence-electron chi connectivity index (χ1n) is 7.30. The highest BCUT2D eigenvalue weighted by Crippen LogP contribution is 2.24. The maximum absolute atomic E-state index is 10.8. The lowest BCUT2D eigenvalue weighted by Crippen LogP contribution is -2.05. The maximum atomic E-state index is 10.8. The summed E-state index contributed by atoms with van der Waals surface area (Å²) >= 11 is 0. The molecule has 0 unspecified atom stereocenters. The smallest absolute Gasteiger partial charge is 0.275 e. The van der Waals surface area contributed by atoms with Gasteiger partial charge in [-0.3, -0.25) is 10.1 Å². The third-order valence-electron chi connectivity index (χ3n) is 3.27. The van der Waals surface area contributed by atoms with Crippen molar-refractivity contribution in [3.63, 3.8) is 0 Å². The third-order valence-corrected chi connectivity index (χ3v) is 3.27. The van der Waals surface area contributed by atoms with Crippen LogP contribution in [-0.2, 0) is 6.61 Å². The Kier molecular flexibility index (Phi) is 5.94. The monoisotopic (exact) mass is 317 g/mol. The van der Waals surface area contributed by atoms with Gasteiger partial charge in [-0.1, -0.05) is 17.7 Å². The number of aryl methyl sites for hydroxylation is 1. The molecule has 0 aliphatic rings. The van der Waals surface area contributed by atoms with Crippen LogP contribution in [0, 0.1) is 17.0 Å². The summed E-state index contributed by atoms with van der Waals surface area (Å²) in [6.45, 7) is 2.56. The van der Waals surface area contributed by atoms with Crippen molar-refractivity contribution in [2.24, 2.45) is 0 Å². The molecular formula is C17H19NO5. The van der Waals surface area contributed by atoms with Crippen LogP contribution < -0.4 is 9.47 Å². The van der Waals surface area contributed by atoms with Crippen LogP contribution in [0.3, 0.4) is 0 Å². The summed E-state index contributed by atoms with van der Waals surface area (Å²) in [5.41, 5.74) is 1.31. The lowest BCUT2D eigenvalue weighted by atomic mass is 10.2. The largest absolute Gasteiger partial charge is 0.493 e. The fourth-order valence-electron chi connectivity index (χ4n) is 2.03. The molecule has 0 bridgehead atoms. The second-order valence-electron chi connectivity index (χ2n) is 5.07. The van der Waals surface area contributed by atoms with E-state index < -0.39 is 11.5 Å². The number of nitro benzene ring substituents is 1. The zero-order chi connectivity index (χ0) is 16.7. The van der Waals surface area contributed by atoms with Gasteiger partial charge >= 0.3 is 0 Å². The van der Waals surface area contributed by atoms with E-state index in [2.05, 4.69) is 0 Å². The van der Waals surface area contributed by atoms with Crippen molar-refractivity contribution in [2.45, 2.75) is 20.0 Å². The number of aliphatic hydroxyl groups excluding tert-OH is 1. The van der Waals surface area contributed by atoms with Crippen LogP contribution in [-0.4, -0.2) is 23.2 Å². The van der Waals surface area contributed by atoms with Gasteiger partial charge in [0.15, 0.2) is 0 Å². The minimum Gasteiger partial charge on any atom is -0.493 e. The average molecular weight is 317 g/mol. The molecule has 0 atom stereocenters. The van der Waals surface area contributed by atoms with E-state index in [1.54, 1.807) is 0 Å². The Hall–Kier alpha value is -2.60. The van der Waals surface area contributed by atoms with Gasteiger partial charge in [-0.15, -0.1) is 0 Å². The highest BCUT2D eigenvalue weighted by atomic mass is 16.6. The van der Waals surface area contributed by atoms with Gasteiger partial charge in [0.1, 0.15) is 11.5 Å². The van der Waals surface area contributed by atoms with Crippen molar-refractivity contribution in [2.75, 3.05) is 13.2 Å². The number of ether oxygens (including phenoxy) is 2. The number of hydrogen-bond acceptors (Lipinski definition) is 5. The maximum Gasteiger partial charge on any atom is 0.275 e. The zero-order valence-electron chi connectivity index (χ0n) is 12.9. The van der Waals surface area contributed by atoms with Crippen LogP contribution in [0.4, 0.5) is 5.69 Å². The second kappa shape index (κ2) is 8.14. The number of aliphatic hydroxyl groups is 1. The standard InChI is InChI=1S/C17H19NO5/c1-13-3-5-15(6-4-13)22-9-2-10-23-16-7-8-17(18(20)21)14(11-16)12-19/h3-8,11,19H,2,9-10,12H2,1H3. The fourth-order valence-corrected chi connectivity index (χ4v) is 2.03. The number of hydrogen-bond donors (Lipinski definition) is 1. The van der Waals surface area contributed by atoms with E-state index in [0.29, 0.717) is 25.4 Å². The first-order chi connectivity index (χ1) is 11.1. The molecule has 0 saturated carbocycles. The molecule has 2 rings (SSSR count). The molecule has 23 heavy (non-hydrogen) atoms. The second-order valence-corrected chi connectivity index (χ2v) is 5.07. The Morgan fingerprint density at radius 2 is 1.65 bits per heavy atom. The fraction of sp³-hybridized carbons (Fsp3) is 0.294. The minimum absolute atomic E-state index is 0.109. The van der Waals surface area contributed by atoms with E-state index in [0.717, 1.165) is 5.75 Å². The summed E-state index contributed by atoms with van der Waals surface area (Å²) in [7, 11) is 0. The number of benzene rings is 2. The molecule has 0 aliphatic carbocycles. The van der Waals surface area contributed by atoms with Crippen LogP contribution in [0.2, 0.25) is 0 Å². The normalized spacial score (nSPS) is 10.3. The van der Waals surface area contributed by atoms with E-state index in [9.17, 15) is 10.1 Å². The Labute approximate surface area is 134 Å². The van der Waals surface area contributed by atoms with Crippen molar-refractivity contribution in [1.82, 2.24) is 0 Å². The topological polar surface area (TPSA) is 81.8 Å². The van der Waals surface area contributed by atoms with E-state index in [4.69, 9.17) is 14.6 Å². The van der Waals surface area contributed by atoms with Crippen LogP contribution >= 0.6 is 0 Å². The van der Waals surface area contributed by atoms with Crippen molar-refractivity contribution >= 4 is 5.69 Å². The molecule has 1 N–H and O–H groups in total. The van der Waals surface area contributed by atoms with Crippen LogP contribution in [0.15, 0.2) is 42.5 Å². The molecule has 122 valence electrons. The molecule has 2 aromatic rings. The van der Waals surface area contributed by atoms with E-state index in [1.165, 1.54) is 23.8 Å². The molecule has 6 nitrogen and oxygen atoms in total. The highest BCUT2D eigenvalue weighted by molar-refractivity contribution is 5.44. The third kappa shape index (κ3) is 4.96. The lowest BCUT2D eigenvalue weighted by Gasteiger charge is -2.09. The molecule has 0 aromatic heterocycles. The van der Waals surface area contributed by atoms with E-state index >= 15 is 0 Å². The van der Waals surface area contributed by atoms with Crippen LogP contribution in [0.1, 0.15) is 17.5 Å². The van der Waals surface area contributed by atoms with E-state index in [-0.39, 0.29) is 11.3 Å². The molecule has 0 radical (unpaired) electrons. The molecule has 2 aromatic carbocycles. The van der Waals surface area contributed by atoms with Crippen molar-refractivity contribution in [1.29, 1.82) is 0 Å². The van der Waals surface area contributed by atoms with Gasteiger partial charge < -0.3 is 14.6 Å². The summed E-state index contributed by atoms with van der Waals surface area (Å²) in [5, 5.41) is 20.0. The summed E-state index contributed by atoms with van der Waals surface area (Å²) in [6.07, 6.45) is 0.680. The van der Waals surface area contributed by atoms with E-state index in [1.807, 2.05) is 31.2 Å². The van der Waals surface area contributed by atoms with Crippen molar-refractivity contribution < 1.29 is 19.5 Å². The van der Waals surface area contributed by atoms with Crippen molar-refractivity contribution in [3.8, 4) is 11.5 Å². The molecule has 6 heteroatoms. The predicted molar refractivity (Wildman–Crippen MR) is 85.8 cm³/mol. The van der Waals surface area contributed by atoms with Gasteiger partial charge in [-0.25, -0.2) is 0 Å². The van der Waals surface area contributed by atoms with Gasteiger partial charge in [0.05, 0.1) is 30.3 Å². The molecule has 0 fully saturated rings. The molecule has 0 saturated heterocycles. The Morgan fingerprint density at radius 3 is 2.26 bits per heavy atom. The molecule has 0 heterocycles. The van der Waals surface area contributed by atoms with Gasteiger partial charge in [0.25, 0.3) is 5.69 Å².